The Hall–Kier alpha value is -6.24. The van der Waals surface area contributed by atoms with Gasteiger partial charge in [-0.15, -0.1) is 11.8 Å². The Morgan fingerprint density at radius 3 is 1.92 bits per heavy atom. The molecule has 5 aromatic rings. The number of hydrogen-bond acceptors (Lipinski definition) is 9. The van der Waals surface area contributed by atoms with Gasteiger partial charge in [-0.05, 0) is 73.2 Å². The van der Waals surface area contributed by atoms with Crippen molar-refractivity contribution < 1.29 is 38.2 Å². The lowest BCUT2D eigenvalue weighted by atomic mass is 9.91. The molecular formula is C50H49N3O8S. The zero-order chi connectivity index (χ0) is 43.2. The van der Waals surface area contributed by atoms with Crippen molar-refractivity contribution >= 4 is 47.0 Å². The molecule has 3 aliphatic rings. The number of Topliss-reactive ketones (excluding diaryl/α,β-unsaturated/α-hetero) is 1. The first-order valence-corrected chi connectivity index (χ1v) is 22.1. The number of esters is 1. The molecule has 8 rings (SSSR count). The fourth-order valence-corrected chi connectivity index (χ4v) is 9.94. The molecule has 1 aliphatic carbocycles. The zero-order valence-electron chi connectivity index (χ0n) is 34.7. The quantitative estimate of drug-likeness (QED) is 0.0586. The number of carbonyl (C=O) groups is 5. The second-order valence-corrected chi connectivity index (χ2v) is 17.3. The highest BCUT2D eigenvalue weighted by molar-refractivity contribution is 7.99. The third-order valence-electron chi connectivity index (χ3n) is 11.9. The summed E-state index contributed by atoms with van der Waals surface area (Å²) in [5.74, 6) is -2.24. The summed E-state index contributed by atoms with van der Waals surface area (Å²) in [6, 6.07) is 40.3. The number of nitrogens with zero attached hydrogens (tertiary/aromatic N) is 2. The number of anilines is 1. The average Bonchev–Trinajstić information content (AvgIpc) is 4.08. The molecule has 11 nitrogen and oxygen atoms in total. The van der Waals surface area contributed by atoms with Crippen LogP contribution in [0.5, 0.6) is 11.5 Å². The van der Waals surface area contributed by atoms with Crippen LogP contribution < -0.4 is 10.1 Å². The van der Waals surface area contributed by atoms with Crippen LogP contribution in [0.3, 0.4) is 0 Å². The van der Waals surface area contributed by atoms with E-state index in [4.69, 9.17) is 14.2 Å². The van der Waals surface area contributed by atoms with Crippen LogP contribution >= 0.6 is 11.8 Å². The molecule has 12 heteroatoms. The number of urea groups is 1. The molecule has 2 aliphatic heterocycles. The molecule has 62 heavy (non-hydrogen) atoms. The molecule has 318 valence electrons. The van der Waals surface area contributed by atoms with Gasteiger partial charge in [0.2, 0.25) is 6.23 Å². The van der Waals surface area contributed by atoms with Crippen LogP contribution in [0.4, 0.5) is 10.5 Å². The summed E-state index contributed by atoms with van der Waals surface area (Å²) in [6.07, 6.45) is 0.903. The number of ketones is 1. The molecule has 0 bridgehead atoms. The molecular weight excluding hydrogens is 803 g/mol. The lowest BCUT2D eigenvalue weighted by Crippen LogP contribution is -2.54. The first kappa shape index (κ1) is 42.5. The normalized spacial score (nSPS) is 20.9. The summed E-state index contributed by atoms with van der Waals surface area (Å²) in [4.78, 5) is 74.1. The minimum Gasteiger partial charge on any atom is -0.459 e. The lowest BCUT2D eigenvalue weighted by Gasteiger charge is -2.35. The Morgan fingerprint density at radius 2 is 1.35 bits per heavy atom. The number of nitrogens with one attached hydrogen (secondary N) is 1. The van der Waals surface area contributed by atoms with Crippen LogP contribution in [0.25, 0.3) is 0 Å². The summed E-state index contributed by atoms with van der Waals surface area (Å²) >= 11 is 1.86. The van der Waals surface area contributed by atoms with Gasteiger partial charge in [-0.3, -0.25) is 19.3 Å². The Labute approximate surface area is 365 Å². The van der Waals surface area contributed by atoms with E-state index in [0.29, 0.717) is 37.9 Å². The smallest absolute Gasteiger partial charge is 0.338 e. The molecule has 1 saturated carbocycles. The van der Waals surface area contributed by atoms with Crippen molar-refractivity contribution in [2.24, 2.45) is 5.41 Å². The van der Waals surface area contributed by atoms with Gasteiger partial charge >= 0.3 is 12.0 Å². The third kappa shape index (κ3) is 9.17. The average molecular weight is 852 g/mol. The topological polar surface area (TPSA) is 132 Å². The van der Waals surface area contributed by atoms with Crippen molar-refractivity contribution in [1.29, 1.82) is 0 Å². The number of benzene rings is 5. The van der Waals surface area contributed by atoms with Crippen molar-refractivity contribution in [3.63, 3.8) is 0 Å². The van der Waals surface area contributed by atoms with Gasteiger partial charge in [0.25, 0.3) is 11.8 Å². The molecule has 4 amide bonds. The number of amides is 4. The van der Waals surface area contributed by atoms with E-state index in [1.54, 1.807) is 43.3 Å². The fourth-order valence-electron chi connectivity index (χ4n) is 8.27. The van der Waals surface area contributed by atoms with E-state index in [0.717, 1.165) is 21.6 Å². The molecule has 1 N–H and O–H groups in total. The van der Waals surface area contributed by atoms with E-state index in [1.165, 1.54) is 11.0 Å². The Kier molecular flexibility index (Phi) is 12.9. The van der Waals surface area contributed by atoms with Crippen LogP contribution in [0.1, 0.15) is 83.5 Å². The second kappa shape index (κ2) is 18.8. The maximum Gasteiger partial charge on any atom is 0.338 e. The largest absolute Gasteiger partial charge is 0.459 e. The Bertz CT molecular complexity index is 2350. The number of rotatable bonds is 16. The number of thioether (sulfide) groups is 1. The van der Waals surface area contributed by atoms with Gasteiger partial charge in [-0.1, -0.05) is 116 Å². The SMILES string of the molecule is CCOC1C(=O)N(C(C(=O)Nc2cc(C(=O)OC3CC(c4ccccc4)SC(c4ccccc4)C3)ccc2Oc2ccccc2)C(=O)C2(CC)CC2)C(=O)N1Cc1ccccc1. The van der Waals surface area contributed by atoms with Crippen molar-refractivity contribution in [3.8, 4) is 11.5 Å². The van der Waals surface area contributed by atoms with Gasteiger partial charge in [0.1, 0.15) is 11.9 Å². The molecule has 2 saturated heterocycles. The van der Waals surface area contributed by atoms with E-state index in [2.05, 4.69) is 29.6 Å². The van der Waals surface area contributed by atoms with Crippen molar-refractivity contribution in [2.45, 2.75) is 81.4 Å². The predicted molar refractivity (Wildman–Crippen MR) is 236 cm³/mol. The number of imide groups is 1. The van der Waals surface area contributed by atoms with Crippen LogP contribution in [-0.2, 0) is 30.4 Å². The number of hydrogen-bond donors (Lipinski definition) is 1. The van der Waals surface area contributed by atoms with Crippen molar-refractivity contribution in [2.75, 3.05) is 11.9 Å². The second-order valence-electron chi connectivity index (χ2n) is 15.9. The predicted octanol–water partition coefficient (Wildman–Crippen LogP) is 9.91. The fraction of sp³-hybridized carbons (Fsp3) is 0.300. The van der Waals surface area contributed by atoms with Gasteiger partial charge in [0, 0.05) is 35.4 Å². The molecule has 4 atom stereocenters. The highest BCUT2D eigenvalue weighted by Gasteiger charge is 2.59. The van der Waals surface area contributed by atoms with Gasteiger partial charge in [-0.25, -0.2) is 14.5 Å². The third-order valence-corrected chi connectivity index (χ3v) is 13.4. The highest BCUT2D eigenvalue weighted by Crippen LogP contribution is 2.52. The number of ether oxygens (including phenoxy) is 3. The summed E-state index contributed by atoms with van der Waals surface area (Å²) in [7, 11) is 0. The first-order chi connectivity index (χ1) is 30.2. The Balaban J connectivity index is 1.10. The molecule has 4 unspecified atom stereocenters. The summed E-state index contributed by atoms with van der Waals surface area (Å²) in [5.41, 5.74) is 2.36. The van der Waals surface area contributed by atoms with Crippen molar-refractivity contribution in [1.82, 2.24) is 9.80 Å². The maximum absolute atomic E-state index is 14.8. The van der Waals surface area contributed by atoms with Crippen LogP contribution in [0.2, 0.25) is 0 Å². The highest BCUT2D eigenvalue weighted by atomic mass is 32.2. The summed E-state index contributed by atoms with van der Waals surface area (Å²) in [6.45, 7) is 3.68. The number of carbonyl (C=O) groups excluding carboxylic acids is 5. The molecule has 3 fully saturated rings. The van der Waals surface area contributed by atoms with Gasteiger partial charge in [-0.2, -0.15) is 0 Å². The minimum absolute atomic E-state index is 0.0190. The van der Waals surface area contributed by atoms with E-state index in [9.17, 15) is 24.0 Å². The van der Waals surface area contributed by atoms with Crippen LogP contribution in [0, 0.1) is 5.41 Å². The molecule has 5 aromatic carbocycles. The minimum atomic E-state index is -1.83. The van der Waals surface area contributed by atoms with E-state index >= 15 is 0 Å². The molecule has 0 radical (unpaired) electrons. The number of para-hydroxylation sites is 1. The van der Waals surface area contributed by atoms with Gasteiger partial charge < -0.3 is 19.5 Å². The van der Waals surface area contributed by atoms with Crippen LogP contribution in [-0.4, -0.2) is 64.4 Å². The summed E-state index contributed by atoms with van der Waals surface area (Å²) in [5, 5.41) is 2.98. The van der Waals surface area contributed by atoms with E-state index < -0.39 is 53.4 Å². The molecule has 0 spiro atoms. The standard InChI is InChI=1S/C50H49N3O8S/c1-3-50(27-28-50)44(54)43(53-46(56)47(59-4-2)52(49(53)58)32-33-17-9-5-10-18-33)45(55)51-39-29-36(25-26-40(39)60-37-23-15-8-16-24-37)48(57)61-38-30-41(34-19-11-6-12-20-34)62-42(31-38)35-21-13-7-14-22-35/h5-26,29,38,41-43,47H,3-4,27-28,30-32H2,1-2H3,(H,51,55). The monoisotopic (exact) mass is 851 g/mol. The van der Waals surface area contributed by atoms with Gasteiger partial charge in [0.05, 0.1) is 17.8 Å². The van der Waals surface area contributed by atoms with E-state index in [1.807, 2.05) is 91.5 Å². The maximum atomic E-state index is 14.8. The van der Waals surface area contributed by atoms with E-state index in [-0.39, 0.29) is 40.7 Å². The van der Waals surface area contributed by atoms with Gasteiger partial charge in [0.15, 0.2) is 17.6 Å². The molecule has 0 aromatic heterocycles. The Morgan fingerprint density at radius 1 is 0.774 bits per heavy atom. The molecule has 2 heterocycles. The lowest BCUT2D eigenvalue weighted by molar-refractivity contribution is -0.149. The van der Waals surface area contributed by atoms with Crippen LogP contribution in [0.15, 0.2) is 140 Å². The first-order valence-electron chi connectivity index (χ1n) is 21.2. The van der Waals surface area contributed by atoms with Crippen molar-refractivity contribution in [3.05, 3.63) is 162 Å². The zero-order valence-corrected chi connectivity index (χ0v) is 35.5. The summed E-state index contributed by atoms with van der Waals surface area (Å²) < 4.78 is 18.3.